The average Bonchev–Trinajstić information content (AvgIpc) is 3.16. The van der Waals surface area contributed by atoms with Crippen LogP contribution in [0.3, 0.4) is 0 Å². The number of nitrogens with zero attached hydrogens (tertiary/aromatic N) is 1. The lowest BCUT2D eigenvalue weighted by Crippen LogP contribution is -2.37. The van der Waals surface area contributed by atoms with Gasteiger partial charge in [0.05, 0.1) is 27.7 Å². The highest BCUT2D eigenvalue weighted by atomic mass is 31.2. The molecule has 0 amide bonds. The standard InChI is InChI=1S/C47H86NO8P/c1-6-8-10-12-14-16-18-20-22-24-26-28-30-32-34-36-38-40-47(50)56-45(44-55-57(51,52)54-42-41-48(3,4)5)43-53-46(49)39-37-35-33-31-29-27-25-23-21-19-17-15-13-11-9-7-2/h14,16,20,22-23,25-26,28,45H,6-13,15,17-19,21,24,27,29-44H2,1-5H3/p+1/b16-14-,22-20-,25-23-,28-26-/t45-/m1/s1. The first-order chi connectivity index (χ1) is 27.5. The van der Waals surface area contributed by atoms with Gasteiger partial charge in [0.15, 0.2) is 6.10 Å². The van der Waals surface area contributed by atoms with Crippen LogP contribution in [0.1, 0.15) is 187 Å². The topological polar surface area (TPSA) is 108 Å². The Labute approximate surface area is 350 Å². The third kappa shape index (κ3) is 43.4. The van der Waals surface area contributed by atoms with E-state index in [1.165, 1.54) is 77.0 Å². The second-order valence-electron chi connectivity index (χ2n) is 16.4. The van der Waals surface area contributed by atoms with Crippen LogP contribution in [-0.2, 0) is 32.7 Å². The van der Waals surface area contributed by atoms with Crippen molar-refractivity contribution in [3.05, 3.63) is 48.6 Å². The molecule has 2 atom stereocenters. The molecule has 0 aliphatic rings. The summed E-state index contributed by atoms with van der Waals surface area (Å²) in [5.41, 5.74) is 0. The van der Waals surface area contributed by atoms with Crippen LogP contribution in [0.4, 0.5) is 0 Å². The summed E-state index contributed by atoms with van der Waals surface area (Å²) >= 11 is 0. The number of ether oxygens (including phenoxy) is 2. The van der Waals surface area contributed by atoms with E-state index >= 15 is 0 Å². The van der Waals surface area contributed by atoms with Crippen LogP contribution < -0.4 is 0 Å². The second kappa shape index (κ2) is 39.4. The number of quaternary nitrogens is 1. The molecule has 0 saturated carbocycles. The van der Waals surface area contributed by atoms with Gasteiger partial charge in [-0.1, -0.05) is 146 Å². The zero-order chi connectivity index (χ0) is 42.1. The zero-order valence-corrected chi connectivity index (χ0v) is 38.2. The minimum atomic E-state index is -4.38. The van der Waals surface area contributed by atoms with Crippen molar-refractivity contribution in [3.8, 4) is 0 Å². The Morgan fingerprint density at radius 1 is 0.544 bits per heavy atom. The van der Waals surface area contributed by atoms with Gasteiger partial charge < -0.3 is 18.9 Å². The third-order valence-electron chi connectivity index (χ3n) is 9.58. The maximum absolute atomic E-state index is 12.7. The van der Waals surface area contributed by atoms with E-state index in [0.29, 0.717) is 17.4 Å². The minimum Gasteiger partial charge on any atom is -0.462 e. The normalized spacial score (nSPS) is 14.0. The number of phosphoric acid groups is 1. The summed E-state index contributed by atoms with van der Waals surface area (Å²) in [6.45, 7) is 4.35. The highest BCUT2D eigenvalue weighted by Gasteiger charge is 2.27. The first kappa shape index (κ1) is 55.0. The highest BCUT2D eigenvalue weighted by Crippen LogP contribution is 2.43. The molecule has 0 radical (unpaired) electrons. The summed E-state index contributed by atoms with van der Waals surface area (Å²) in [6, 6.07) is 0. The van der Waals surface area contributed by atoms with Crippen LogP contribution in [0.25, 0.3) is 0 Å². The lowest BCUT2D eigenvalue weighted by atomic mass is 10.1. The van der Waals surface area contributed by atoms with Crippen LogP contribution in [0, 0.1) is 0 Å². The zero-order valence-electron chi connectivity index (χ0n) is 37.3. The van der Waals surface area contributed by atoms with Crippen molar-refractivity contribution in [1.29, 1.82) is 0 Å². The Morgan fingerprint density at radius 3 is 1.46 bits per heavy atom. The summed E-state index contributed by atoms with van der Waals surface area (Å²) in [5.74, 6) is -0.834. The molecular weight excluding hydrogens is 737 g/mol. The van der Waals surface area contributed by atoms with Crippen LogP contribution in [0.2, 0.25) is 0 Å². The Balaban J connectivity index is 4.40. The largest absolute Gasteiger partial charge is 0.472 e. The molecule has 0 aliphatic carbocycles. The molecule has 0 rings (SSSR count). The van der Waals surface area contributed by atoms with E-state index in [0.717, 1.165) is 77.0 Å². The maximum Gasteiger partial charge on any atom is 0.472 e. The molecule has 0 aromatic heterocycles. The molecule has 10 heteroatoms. The predicted octanol–water partition coefficient (Wildman–Crippen LogP) is 13.1. The lowest BCUT2D eigenvalue weighted by Gasteiger charge is -2.24. The van der Waals surface area contributed by atoms with E-state index in [2.05, 4.69) is 62.5 Å². The molecule has 332 valence electrons. The second-order valence-corrected chi connectivity index (χ2v) is 17.9. The van der Waals surface area contributed by atoms with Crippen molar-refractivity contribution in [3.63, 3.8) is 0 Å². The maximum atomic E-state index is 12.7. The average molecular weight is 825 g/mol. The van der Waals surface area contributed by atoms with Gasteiger partial charge in [-0.2, -0.15) is 0 Å². The van der Waals surface area contributed by atoms with Gasteiger partial charge in [0.1, 0.15) is 19.8 Å². The van der Waals surface area contributed by atoms with Crippen molar-refractivity contribution in [2.24, 2.45) is 0 Å². The number of likely N-dealkylation sites (N-methyl/N-ethyl adjacent to an activating group) is 1. The first-order valence-electron chi connectivity index (χ1n) is 22.9. The molecule has 0 spiro atoms. The Kier molecular flexibility index (Phi) is 38.0. The monoisotopic (exact) mass is 825 g/mol. The van der Waals surface area contributed by atoms with Gasteiger partial charge in [-0.3, -0.25) is 18.6 Å². The van der Waals surface area contributed by atoms with Crippen molar-refractivity contribution < 1.29 is 42.1 Å². The molecule has 9 nitrogen and oxygen atoms in total. The molecule has 0 aliphatic heterocycles. The summed E-state index contributed by atoms with van der Waals surface area (Å²) in [5, 5.41) is 0. The fourth-order valence-electron chi connectivity index (χ4n) is 5.96. The molecule has 0 saturated heterocycles. The van der Waals surface area contributed by atoms with Crippen LogP contribution in [-0.4, -0.2) is 74.9 Å². The number of carbonyl (C=O) groups excluding carboxylic acids is 2. The van der Waals surface area contributed by atoms with Crippen LogP contribution >= 0.6 is 7.82 Å². The van der Waals surface area contributed by atoms with Crippen molar-refractivity contribution in [1.82, 2.24) is 0 Å². The van der Waals surface area contributed by atoms with Gasteiger partial charge in [-0.05, 0) is 77.0 Å². The fourth-order valence-corrected chi connectivity index (χ4v) is 6.70. The van der Waals surface area contributed by atoms with Crippen LogP contribution in [0.5, 0.6) is 0 Å². The van der Waals surface area contributed by atoms with Gasteiger partial charge in [-0.25, -0.2) is 4.57 Å². The van der Waals surface area contributed by atoms with Gasteiger partial charge in [0.25, 0.3) is 0 Å². The summed E-state index contributed by atoms with van der Waals surface area (Å²) in [6.07, 6.45) is 45.8. The Hall–Kier alpha value is -2.03. The van der Waals surface area contributed by atoms with Crippen molar-refractivity contribution >= 4 is 19.8 Å². The van der Waals surface area contributed by atoms with Crippen molar-refractivity contribution in [2.45, 2.75) is 193 Å². The molecule has 1 N–H and O–H groups in total. The van der Waals surface area contributed by atoms with Gasteiger partial charge in [-0.15, -0.1) is 0 Å². The van der Waals surface area contributed by atoms with E-state index in [1.807, 2.05) is 21.1 Å². The molecule has 0 fully saturated rings. The smallest absolute Gasteiger partial charge is 0.462 e. The molecule has 0 aromatic rings. The number of phosphoric ester groups is 1. The van der Waals surface area contributed by atoms with E-state index in [4.69, 9.17) is 18.5 Å². The number of esters is 2. The van der Waals surface area contributed by atoms with Gasteiger partial charge >= 0.3 is 19.8 Å². The number of carbonyl (C=O) groups is 2. The Bertz CT molecular complexity index is 1110. The fraction of sp³-hybridized carbons (Fsp3) is 0.787. The lowest BCUT2D eigenvalue weighted by molar-refractivity contribution is -0.870. The third-order valence-corrected chi connectivity index (χ3v) is 10.6. The van der Waals surface area contributed by atoms with E-state index < -0.39 is 26.5 Å². The van der Waals surface area contributed by atoms with Crippen molar-refractivity contribution in [2.75, 3.05) is 47.5 Å². The number of rotatable bonds is 41. The van der Waals surface area contributed by atoms with Gasteiger partial charge in [0.2, 0.25) is 0 Å². The summed E-state index contributed by atoms with van der Waals surface area (Å²) < 4.78 is 34.3. The highest BCUT2D eigenvalue weighted by molar-refractivity contribution is 7.47. The Morgan fingerprint density at radius 2 is 0.947 bits per heavy atom. The quantitative estimate of drug-likeness (QED) is 0.0213. The van der Waals surface area contributed by atoms with Crippen LogP contribution in [0.15, 0.2) is 48.6 Å². The summed E-state index contributed by atoms with van der Waals surface area (Å²) in [7, 11) is 1.45. The minimum absolute atomic E-state index is 0.0245. The molecule has 57 heavy (non-hydrogen) atoms. The summed E-state index contributed by atoms with van der Waals surface area (Å²) in [4.78, 5) is 35.4. The number of hydrogen-bond acceptors (Lipinski definition) is 7. The molecule has 0 aromatic carbocycles. The van der Waals surface area contributed by atoms with Gasteiger partial charge in [0, 0.05) is 12.8 Å². The number of allylic oxidation sites excluding steroid dienone is 8. The first-order valence-corrected chi connectivity index (χ1v) is 24.4. The van der Waals surface area contributed by atoms with E-state index in [-0.39, 0.29) is 32.0 Å². The van der Waals surface area contributed by atoms with E-state index in [9.17, 15) is 19.0 Å². The van der Waals surface area contributed by atoms with E-state index in [1.54, 1.807) is 0 Å². The SMILES string of the molecule is CCCCC/C=C\C/C=C\C/C=C\CCCCCCC(=O)O[C@H](COC(=O)CCCCCCC/C=C\CCCCCCCCC)COP(=O)(O)OCC[N+](C)(C)C. The molecular formula is C47H87NO8P+. The number of hydrogen-bond donors (Lipinski definition) is 1. The molecule has 1 unspecified atom stereocenters. The number of unbranched alkanes of at least 4 members (excludes halogenated alkanes) is 19. The predicted molar refractivity (Wildman–Crippen MR) is 238 cm³/mol. The molecule has 0 heterocycles. The molecule has 0 bridgehead atoms.